The van der Waals surface area contributed by atoms with Gasteiger partial charge in [0, 0.05) is 16.8 Å². The largest absolute Gasteiger partial charge is 0.508 e. The van der Waals surface area contributed by atoms with Gasteiger partial charge in [-0.2, -0.15) is 5.10 Å². The lowest BCUT2D eigenvalue weighted by Crippen LogP contribution is -2.04. The Morgan fingerprint density at radius 3 is 2.53 bits per heavy atom. The van der Waals surface area contributed by atoms with Gasteiger partial charge in [-0.25, -0.2) is 0 Å². The van der Waals surface area contributed by atoms with E-state index in [4.69, 9.17) is 0 Å². The van der Waals surface area contributed by atoms with Crippen LogP contribution in [0.4, 0.5) is 0 Å². The normalized spacial score (nSPS) is 10.8. The Hall–Kier alpha value is -1.81. The molecule has 1 aromatic carbocycles. The smallest absolute Gasteiger partial charge is 0.120 e. The number of aliphatic hydroxyl groups excluding tert-OH is 1. The van der Waals surface area contributed by atoms with Crippen LogP contribution >= 0.6 is 0 Å². The summed E-state index contributed by atoms with van der Waals surface area (Å²) >= 11 is 0. The highest BCUT2D eigenvalue weighted by Crippen LogP contribution is 2.19. The number of aliphatic hydroxyl groups is 1. The molecule has 0 spiro atoms. The molecular formula is C13H16N2O2. The number of rotatable bonds is 3. The summed E-state index contributed by atoms with van der Waals surface area (Å²) in [6, 6.07) is 7.20. The van der Waals surface area contributed by atoms with Crippen molar-refractivity contribution in [2.24, 2.45) is 0 Å². The van der Waals surface area contributed by atoms with Gasteiger partial charge in [0.05, 0.1) is 18.8 Å². The second-order valence-electron chi connectivity index (χ2n) is 4.09. The summed E-state index contributed by atoms with van der Waals surface area (Å²) in [6.07, 6.45) is 0. The Morgan fingerprint density at radius 2 is 1.94 bits per heavy atom. The molecule has 0 saturated heterocycles. The van der Waals surface area contributed by atoms with Crippen LogP contribution in [-0.2, 0) is 13.2 Å². The molecule has 1 aromatic heterocycles. The number of aromatic hydroxyl groups is 1. The molecule has 0 bridgehead atoms. The van der Waals surface area contributed by atoms with Crippen LogP contribution in [0.15, 0.2) is 24.3 Å². The standard InChI is InChI=1S/C13H16N2O2/c1-9-12(8-16)10(2)15(14-9)7-11-5-3-4-6-13(11)17/h3-6,16-17H,7-8H2,1-2H3. The maximum atomic E-state index is 9.71. The van der Waals surface area contributed by atoms with Gasteiger partial charge in [-0.05, 0) is 19.9 Å². The second-order valence-corrected chi connectivity index (χ2v) is 4.09. The Kier molecular flexibility index (Phi) is 3.15. The number of aromatic nitrogens is 2. The number of aryl methyl sites for hydroxylation is 1. The summed E-state index contributed by atoms with van der Waals surface area (Å²) in [6.45, 7) is 4.31. The van der Waals surface area contributed by atoms with Crippen LogP contribution in [0.3, 0.4) is 0 Å². The summed E-state index contributed by atoms with van der Waals surface area (Å²) in [4.78, 5) is 0. The third-order valence-corrected chi connectivity index (χ3v) is 3.00. The molecule has 0 atom stereocenters. The SMILES string of the molecule is Cc1nn(Cc2ccccc2O)c(C)c1CO. The number of benzene rings is 1. The van der Waals surface area contributed by atoms with E-state index in [9.17, 15) is 10.2 Å². The molecule has 0 aliphatic rings. The number of phenolic OH excluding ortho intramolecular Hbond substituents is 1. The maximum absolute atomic E-state index is 9.71. The van der Waals surface area contributed by atoms with Crippen LogP contribution in [0, 0.1) is 13.8 Å². The minimum absolute atomic E-state index is 0.00155. The zero-order valence-corrected chi connectivity index (χ0v) is 10.0. The Labute approximate surface area is 100 Å². The molecule has 1 heterocycles. The van der Waals surface area contributed by atoms with E-state index in [0.717, 1.165) is 22.5 Å². The summed E-state index contributed by atoms with van der Waals surface area (Å²) < 4.78 is 1.80. The minimum atomic E-state index is -0.00155. The fraction of sp³-hybridized carbons (Fsp3) is 0.308. The fourth-order valence-corrected chi connectivity index (χ4v) is 1.92. The van der Waals surface area contributed by atoms with Gasteiger partial charge in [0.25, 0.3) is 0 Å². The fourth-order valence-electron chi connectivity index (χ4n) is 1.92. The van der Waals surface area contributed by atoms with Crippen LogP contribution in [-0.4, -0.2) is 20.0 Å². The summed E-state index contributed by atoms with van der Waals surface area (Å²) in [7, 11) is 0. The zero-order valence-electron chi connectivity index (χ0n) is 10.0. The van der Waals surface area contributed by atoms with Gasteiger partial charge >= 0.3 is 0 Å². The van der Waals surface area contributed by atoms with Crippen molar-refractivity contribution in [3.8, 4) is 5.75 Å². The number of hydrogen-bond donors (Lipinski definition) is 2. The van der Waals surface area contributed by atoms with E-state index in [0.29, 0.717) is 6.54 Å². The summed E-state index contributed by atoms with van der Waals surface area (Å²) in [5, 5.41) is 23.3. The Bertz CT molecular complexity index is 532. The van der Waals surface area contributed by atoms with Crippen molar-refractivity contribution in [1.29, 1.82) is 0 Å². The Morgan fingerprint density at radius 1 is 1.24 bits per heavy atom. The average molecular weight is 232 g/mol. The minimum Gasteiger partial charge on any atom is -0.508 e. The van der Waals surface area contributed by atoms with Crippen molar-refractivity contribution >= 4 is 0 Å². The molecule has 0 saturated carbocycles. The quantitative estimate of drug-likeness (QED) is 0.847. The molecule has 2 N–H and O–H groups in total. The second kappa shape index (κ2) is 4.59. The molecule has 17 heavy (non-hydrogen) atoms. The van der Waals surface area contributed by atoms with E-state index in [1.165, 1.54) is 0 Å². The van der Waals surface area contributed by atoms with E-state index in [2.05, 4.69) is 5.10 Å². The first-order valence-corrected chi connectivity index (χ1v) is 5.54. The molecule has 0 amide bonds. The van der Waals surface area contributed by atoms with Crippen molar-refractivity contribution in [1.82, 2.24) is 9.78 Å². The predicted octanol–water partition coefficient (Wildman–Crippen LogP) is 1.75. The number of para-hydroxylation sites is 1. The van der Waals surface area contributed by atoms with E-state index < -0.39 is 0 Å². The molecule has 2 rings (SSSR count). The van der Waals surface area contributed by atoms with Crippen molar-refractivity contribution in [3.05, 3.63) is 46.8 Å². The number of nitrogens with zero attached hydrogens (tertiary/aromatic N) is 2. The zero-order chi connectivity index (χ0) is 12.4. The molecule has 0 unspecified atom stereocenters. The van der Waals surface area contributed by atoms with Gasteiger partial charge in [-0.3, -0.25) is 4.68 Å². The van der Waals surface area contributed by atoms with Crippen molar-refractivity contribution in [2.75, 3.05) is 0 Å². The highest BCUT2D eigenvalue weighted by Gasteiger charge is 2.11. The molecule has 90 valence electrons. The lowest BCUT2D eigenvalue weighted by molar-refractivity contribution is 0.280. The molecular weight excluding hydrogens is 216 g/mol. The number of hydrogen-bond acceptors (Lipinski definition) is 3. The Balaban J connectivity index is 2.34. The van der Waals surface area contributed by atoms with Crippen LogP contribution in [0.1, 0.15) is 22.5 Å². The lowest BCUT2D eigenvalue weighted by atomic mass is 10.2. The topological polar surface area (TPSA) is 58.3 Å². The average Bonchev–Trinajstić information content (AvgIpc) is 2.57. The van der Waals surface area contributed by atoms with Crippen molar-refractivity contribution in [3.63, 3.8) is 0 Å². The first-order chi connectivity index (χ1) is 8.13. The maximum Gasteiger partial charge on any atom is 0.120 e. The monoisotopic (exact) mass is 232 g/mol. The third kappa shape index (κ3) is 2.17. The third-order valence-electron chi connectivity index (χ3n) is 3.00. The van der Waals surface area contributed by atoms with Crippen LogP contribution < -0.4 is 0 Å². The van der Waals surface area contributed by atoms with Gasteiger partial charge in [0.1, 0.15) is 5.75 Å². The predicted molar refractivity (Wildman–Crippen MR) is 64.8 cm³/mol. The van der Waals surface area contributed by atoms with E-state index in [-0.39, 0.29) is 12.4 Å². The van der Waals surface area contributed by atoms with Gasteiger partial charge < -0.3 is 10.2 Å². The van der Waals surface area contributed by atoms with Crippen LogP contribution in [0.2, 0.25) is 0 Å². The molecule has 0 aliphatic carbocycles. The van der Waals surface area contributed by atoms with E-state index >= 15 is 0 Å². The van der Waals surface area contributed by atoms with Gasteiger partial charge in [-0.1, -0.05) is 18.2 Å². The van der Waals surface area contributed by atoms with Crippen LogP contribution in [0.5, 0.6) is 5.75 Å². The molecule has 2 aromatic rings. The molecule has 4 heteroatoms. The van der Waals surface area contributed by atoms with E-state index in [1.54, 1.807) is 16.8 Å². The first-order valence-electron chi connectivity index (χ1n) is 5.54. The van der Waals surface area contributed by atoms with Crippen molar-refractivity contribution in [2.45, 2.75) is 27.0 Å². The lowest BCUT2D eigenvalue weighted by Gasteiger charge is -2.06. The van der Waals surface area contributed by atoms with Crippen molar-refractivity contribution < 1.29 is 10.2 Å². The van der Waals surface area contributed by atoms with Gasteiger partial charge in [-0.15, -0.1) is 0 Å². The highest BCUT2D eigenvalue weighted by atomic mass is 16.3. The molecule has 4 nitrogen and oxygen atoms in total. The van der Waals surface area contributed by atoms with E-state index in [1.807, 2.05) is 26.0 Å². The van der Waals surface area contributed by atoms with Gasteiger partial charge in [0.2, 0.25) is 0 Å². The first kappa shape index (κ1) is 11.7. The number of phenols is 1. The summed E-state index contributed by atoms with van der Waals surface area (Å²) in [5.41, 5.74) is 3.46. The molecule has 0 aliphatic heterocycles. The highest BCUT2D eigenvalue weighted by molar-refractivity contribution is 5.33. The molecule has 0 fully saturated rings. The van der Waals surface area contributed by atoms with Crippen LogP contribution in [0.25, 0.3) is 0 Å². The summed E-state index contributed by atoms with van der Waals surface area (Å²) in [5.74, 6) is 0.269. The van der Waals surface area contributed by atoms with Gasteiger partial charge in [0.15, 0.2) is 0 Å². The molecule has 0 radical (unpaired) electrons.